The Balaban J connectivity index is 2.19. The Morgan fingerprint density at radius 1 is 1.37 bits per heavy atom. The third-order valence-electron chi connectivity index (χ3n) is 4.23. The van der Waals surface area contributed by atoms with Crippen molar-refractivity contribution in [1.29, 1.82) is 0 Å². The minimum Gasteiger partial charge on any atom is -0.329 e. The van der Waals surface area contributed by atoms with E-state index in [4.69, 9.17) is 5.73 Å². The SMILES string of the molecule is Cc1ccccc1CN(C)C1(CN)CCS(=O)(=O)C1. The maximum Gasteiger partial charge on any atom is 0.152 e. The molecule has 1 aliphatic heterocycles. The molecular formula is C14H22N2O2S. The summed E-state index contributed by atoms with van der Waals surface area (Å²) in [5.41, 5.74) is 7.92. The lowest BCUT2D eigenvalue weighted by atomic mass is 9.96. The van der Waals surface area contributed by atoms with Gasteiger partial charge in [0.15, 0.2) is 9.84 Å². The van der Waals surface area contributed by atoms with Crippen LogP contribution >= 0.6 is 0 Å². The molecule has 1 aromatic carbocycles. The number of hydrogen-bond donors (Lipinski definition) is 1. The van der Waals surface area contributed by atoms with Gasteiger partial charge in [-0.3, -0.25) is 4.90 Å². The normalized spacial score (nSPS) is 25.9. The van der Waals surface area contributed by atoms with Gasteiger partial charge in [0.1, 0.15) is 0 Å². The molecule has 0 bridgehead atoms. The number of rotatable bonds is 4. The minimum absolute atomic E-state index is 0.179. The highest BCUT2D eigenvalue weighted by Crippen LogP contribution is 2.29. The molecule has 0 saturated carbocycles. The van der Waals surface area contributed by atoms with Crippen LogP contribution in [0.5, 0.6) is 0 Å². The Kier molecular flexibility index (Phi) is 3.99. The van der Waals surface area contributed by atoms with Crippen molar-refractivity contribution in [1.82, 2.24) is 4.90 Å². The predicted octanol–water partition coefficient (Wildman–Crippen LogP) is 0.943. The highest BCUT2D eigenvalue weighted by atomic mass is 32.2. The molecule has 1 aliphatic rings. The van der Waals surface area contributed by atoms with E-state index in [-0.39, 0.29) is 11.5 Å². The third-order valence-corrected chi connectivity index (χ3v) is 6.03. The Hall–Kier alpha value is -0.910. The number of hydrogen-bond acceptors (Lipinski definition) is 4. The van der Waals surface area contributed by atoms with E-state index in [0.717, 1.165) is 6.54 Å². The van der Waals surface area contributed by atoms with E-state index >= 15 is 0 Å². The molecular weight excluding hydrogens is 260 g/mol. The van der Waals surface area contributed by atoms with E-state index in [2.05, 4.69) is 24.0 Å². The van der Waals surface area contributed by atoms with Gasteiger partial charge in [-0.05, 0) is 31.5 Å². The first-order valence-corrected chi connectivity index (χ1v) is 8.37. The summed E-state index contributed by atoms with van der Waals surface area (Å²) in [5, 5.41) is 0. The van der Waals surface area contributed by atoms with Crippen LogP contribution in [0.4, 0.5) is 0 Å². The summed E-state index contributed by atoms with van der Waals surface area (Å²) in [6, 6.07) is 8.18. The molecule has 1 aromatic rings. The van der Waals surface area contributed by atoms with Gasteiger partial charge in [-0.15, -0.1) is 0 Å². The number of aryl methyl sites for hydroxylation is 1. The first kappa shape index (κ1) is 14.5. The van der Waals surface area contributed by atoms with Crippen LogP contribution in [-0.4, -0.2) is 44.0 Å². The molecule has 1 atom stereocenters. The number of benzene rings is 1. The zero-order chi connectivity index (χ0) is 14.1. The van der Waals surface area contributed by atoms with Crippen LogP contribution in [0.2, 0.25) is 0 Å². The largest absolute Gasteiger partial charge is 0.329 e. The van der Waals surface area contributed by atoms with Crippen molar-refractivity contribution in [3.05, 3.63) is 35.4 Å². The second-order valence-corrected chi connectivity index (χ2v) is 7.74. The molecule has 4 nitrogen and oxygen atoms in total. The van der Waals surface area contributed by atoms with Crippen molar-refractivity contribution in [2.45, 2.75) is 25.4 Å². The summed E-state index contributed by atoms with van der Waals surface area (Å²) >= 11 is 0. The summed E-state index contributed by atoms with van der Waals surface area (Å²) in [7, 11) is -0.963. The summed E-state index contributed by atoms with van der Waals surface area (Å²) in [6.45, 7) is 3.19. The first-order chi connectivity index (χ1) is 8.88. The van der Waals surface area contributed by atoms with Crippen LogP contribution in [-0.2, 0) is 16.4 Å². The molecule has 19 heavy (non-hydrogen) atoms. The Morgan fingerprint density at radius 3 is 2.58 bits per heavy atom. The fourth-order valence-corrected chi connectivity index (χ4v) is 4.86. The standard InChI is InChI=1S/C14H22N2O2S/c1-12-5-3-4-6-13(12)9-16(2)14(10-15)7-8-19(17,18)11-14/h3-6H,7-11,15H2,1-2H3. The van der Waals surface area contributed by atoms with Gasteiger partial charge in [0, 0.05) is 18.6 Å². The number of nitrogens with two attached hydrogens (primary N) is 1. The maximum absolute atomic E-state index is 11.7. The smallest absolute Gasteiger partial charge is 0.152 e. The second-order valence-electron chi connectivity index (χ2n) is 5.55. The third kappa shape index (κ3) is 2.99. The van der Waals surface area contributed by atoms with Crippen LogP contribution < -0.4 is 5.73 Å². The van der Waals surface area contributed by atoms with E-state index < -0.39 is 15.4 Å². The quantitative estimate of drug-likeness (QED) is 0.893. The van der Waals surface area contributed by atoms with Gasteiger partial charge in [-0.25, -0.2) is 8.42 Å². The summed E-state index contributed by atoms with van der Waals surface area (Å²) in [5.74, 6) is 0.432. The molecule has 106 valence electrons. The molecule has 1 saturated heterocycles. The van der Waals surface area contributed by atoms with Crippen LogP contribution in [0.15, 0.2) is 24.3 Å². The fourth-order valence-electron chi connectivity index (χ4n) is 2.73. The van der Waals surface area contributed by atoms with E-state index in [1.807, 2.05) is 19.2 Å². The monoisotopic (exact) mass is 282 g/mol. The van der Waals surface area contributed by atoms with Crippen LogP contribution in [0, 0.1) is 6.92 Å². The Bertz CT molecular complexity index is 556. The van der Waals surface area contributed by atoms with Gasteiger partial charge < -0.3 is 5.73 Å². The molecule has 1 unspecified atom stereocenters. The molecule has 0 aromatic heterocycles. The van der Waals surface area contributed by atoms with Gasteiger partial charge in [0.05, 0.1) is 11.5 Å². The maximum atomic E-state index is 11.7. The molecule has 0 amide bonds. The average molecular weight is 282 g/mol. The van der Waals surface area contributed by atoms with Gasteiger partial charge in [0.25, 0.3) is 0 Å². The van der Waals surface area contributed by atoms with Crippen molar-refractivity contribution in [3.63, 3.8) is 0 Å². The molecule has 1 fully saturated rings. The predicted molar refractivity (Wildman–Crippen MR) is 77.7 cm³/mol. The van der Waals surface area contributed by atoms with E-state index in [1.165, 1.54) is 11.1 Å². The van der Waals surface area contributed by atoms with Gasteiger partial charge >= 0.3 is 0 Å². The first-order valence-electron chi connectivity index (χ1n) is 6.55. The van der Waals surface area contributed by atoms with Crippen molar-refractivity contribution >= 4 is 9.84 Å². The summed E-state index contributed by atoms with van der Waals surface area (Å²) in [6.07, 6.45) is 0.633. The Morgan fingerprint density at radius 2 is 2.05 bits per heavy atom. The number of sulfone groups is 1. The lowest BCUT2D eigenvalue weighted by Gasteiger charge is -2.37. The molecule has 1 heterocycles. The van der Waals surface area contributed by atoms with Gasteiger partial charge in [-0.1, -0.05) is 24.3 Å². The molecule has 0 spiro atoms. The van der Waals surface area contributed by atoms with E-state index in [9.17, 15) is 8.42 Å². The van der Waals surface area contributed by atoms with Gasteiger partial charge in [-0.2, -0.15) is 0 Å². The number of likely N-dealkylation sites (N-methyl/N-ethyl adjacent to an activating group) is 1. The van der Waals surface area contributed by atoms with Crippen LogP contribution in [0.25, 0.3) is 0 Å². The van der Waals surface area contributed by atoms with Crippen molar-refractivity contribution < 1.29 is 8.42 Å². The van der Waals surface area contributed by atoms with Gasteiger partial charge in [0.2, 0.25) is 0 Å². The number of nitrogens with zero attached hydrogens (tertiary/aromatic N) is 1. The van der Waals surface area contributed by atoms with E-state index in [1.54, 1.807) is 0 Å². The van der Waals surface area contributed by atoms with Crippen molar-refractivity contribution in [3.8, 4) is 0 Å². The van der Waals surface area contributed by atoms with Crippen LogP contribution in [0.3, 0.4) is 0 Å². The lowest BCUT2D eigenvalue weighted by molar-refractivity contribution is 0.143. The highest BCUT2D eigenvalue weighted by molar-refractivity contribution is 7.91. The summed E-state index contributed by atoms with van der Waals surface area (Å²) in [4.78, 5) is 2.11. The highest BCUT2D eigenvalue weighted by Gasteiger charge is 2.44. The average Bonchev–Trinajstić information content (AvgIpc) is 2.69. The molecule has 2 rings (SSSR count). The molecule has 0 radical (unpaired) electrons. The molecule has 0 aliphatic carbocycles. The molecule has 5 heteroatoms. The zero-order valence-electron chi connectivity index (χ0n) is 11.6. The zero-order valence-corrected chi connectivity index (χ0v) is 12.4. The second kappa shape index (κ2) is 5.23. The lowest BCUT2D eigenvalue weighted by Crippen LogP contribution is -2.52. The van der Waals surface area contributed by atoms with E-state index in [0.29, 0.717) is 13.0 Å². The Labute approximate surface area is 115 Å². The van der Waals surface area contributed by atoms with Crippen molar-refractivity contribution in [2.75, 3.05) is 25.1 Å². The molecule has 2 N–H and O–H groups in total. The topological polar surface area (TPSA) is 63.4 Å². The fraction of sp³-hybridized carbons (Fsp3) is 0.571. The minimum atomic E-state index is -2.94. The summed E-state index contributed by atoms with van der Waals surface area (Å²) < 4.78 is 23.5. The van der Waals surface area contributed by atoms with Crippen molar-refractivity contribution in [2.24, 2.45) is 5.73 Å². The van der Waals surface area contributed by atoms with Crippen LogP contribution in [0.1, 0.15) is 17.5 Å².